The average Bonchev–Trinajstić information content (AvgIpc) is 2.94. The summed E-state index contributed by atoms with van der Waals surface area (Å²) in [7, 11) is 1.44. The largest absolute Gasteiger partial charge is 0.504 e. The summed E-state index contributed by atoms with van der Waals surface area (Å²) in [5.74, 6) is -0.228. The second kappa shape index (κ2) is 6.13. The lowest BCUT2D eigenvalue weighted by Crippen LogP contribution is -2.38. The maximum Gasteiger partial charge on any atom is 0.255 e. The monoisotopic (exact) mass is 279 g/mol. The molecule has 1 fully saturated rings. The highest BCUT2D eigenvalue weighted by atomic mass is 16.5. The smallest absolute Gasteiger partial charge is 0.255 e. The molecule has 1 aromatic rings. The number of hydrogen-bond donors (Lipinski definition) is 3. The summed E-state index contributed by atoms with van der Waals surface area (Å²) < 4.78 is 4.98. The van der Waals surface area contributed by atoms with Gasteiger partial charge in [-0.15, -0.1) is 0 Å². The minimum absolute atomic E-state index is 0.0807. The Morgan fingerprint density at radius 1 is 1.40 bits per heavy atom. The summed E-state index contributed by atoms with van der Waals surface area (Å²) in [5.41, 5.74) is -0.0140. The van der Waals surface area contributed by atoms with E-state index in [-0.39, 0.29) is 35.0 Å². The van der Waals surface area contributed by atoms with Crippen LogP contribution in [-0.4, -0.2) is 36.4 Å². The quantitative estimate of drug-likeness (QED) is 0.766. The van der Waals surface area contributed by atoms with Crippen molar-refractivity contribution in [2.75, 3.05) is 20.3 Å². The molecular formula is C15H21NO4. The SMILES string of the molecule is COc1cccc(C(=O)NCC2(CO)CCCC2)c1O. The first kappa shape index (κ1) is 14.7. The van der Waals surface area contributed by atoms with Crippen molar-refractivity contribution in [2.45, 2.75) is 25.7 Å². The minimum atomic E-state index is -0.346. The maximum absolute atomic E-state index is 12.1. The molecule has 5 nitrogen and oxygen atoms in total. The Bertz CT molecular complexity index is 481. The number of ether oxygens (including phenoxy) is 1. The number of hydrogen-bond acceptors (Lipinski definition) is 4. The molecule has 5 heteroatoms. The zero-order chi connectivity index (χ0) is 14.6. The van der Waals surface area contributed by atoms with Crippen molar-refractivity contribution in [3.05, 3.63) is 23.8 Å². The van der Waals surface area contributed by atoms with Crippen molar-refractivity contribution < 1.29 is 19.7 Å². The van der Waals surface area contributed by atoms with Crippen molar-refractivity contribution in [3.63, 3.8) is 0 Å². The van der Waals surface area contributed by atoms with Gasteiger partial charge in [0.05, 0.1) is 19.3 Å². The highest BCUT2D eigenvalue weighted by Gasteiger charge is 2.33. The first-order valence-corrected chi connectivity index (χ1v) is 6.87. The van der Waals surface area contributed by atoms with E-state index in [9.17, 15) is 15.0 Å². The molecule has 1 aliphatic carbocycles. The molecule has 0 atom stereocenters. The van der Waals surface area contributed by atoms with Crippen LogP contribution in [0, 0.1) is 5.41 Å². The van der Waals surface area contributed by atoms with Crippen LogP contribution in [-0.2, 0) is 0 Å². The number of carbonyl (C=O) groups excluding carboxylic acids is 1. The van der Waals surface area contributed by atoms with Gasteiger partial charge in [0.1, 0.15) is 0 Å². The first-order chi connectivity index (χ1) is 9.62. The van der Waals surface area contributed by atoms with Crippen LogP contribution in [0.5, 0.6) is 11.5 Å². The molecule has 1 saturated carbocycles. The molecule has 1 aliphatic rings. The number of nitrogens with one attached hydrogen (secondary N) is 1. The Morgan fingerprint density at radius 3 is 2.70 bits per heavy atom. The van der Waals surface area contributed by atoms with Crippen LogP contribution in [0.25, 0.3) is 0 Å². The fraction of sp³-hybridized carbons (Fsp3) is 0.533. The molecule has 1 aromatic carbocycles. The molecule has 0 radical (unpaired) electrons. The van der Waals surface area contributed by atoms with E-state index in [1.54, 1.807) is 18.2 Å². The van der Waals surface area contributed by atoms with Crippen molar-refractivity contribution in [2.24, 2.45) is 5.41 Å². The van der Waals surface area contributed by atoms with E-state index in [0.29, 0.717) is 6.54 Å². The number of benzene rings is 1. The number of aliphatic hydroxyl groups excluding tert-OH is 1. The number of para-hydroxylation sites is 1. The van der Waals surface area contributed by atoms with E-state index in [4.69, 9.17) is 4.74 Å². The Hall–Kier alpha value is -1.75. The molecule has 1 amide bonds. The van der Waals surface area contributed by atoms with Gasteiger partial charge >= 0.3 is 0 Å². The Balaban J connectivity index is 2.05. The molecule has 0 spiro atoms. The Morgan fingerprint density at radius 2 is 2.10 bits per heavy atom. The Labute approximate surface area is 118 Å². The molecule has 0 unspecified atom stereocenters. The van der Waals surface area contributed by atoms with Gasteiger partial charge in [0, 0.05) is 12.0 Å². The van der Waals surface area contributed by atoms with E-state index >= 15 is 0 Å². The number of aliphatic hydroxyl groups is 1. The van der Waals surface area contributed by atoms with E-state index in [0.717, 1.165) is 25.7 Å². The topological polar surface area (TPSA) is 78.8 Å². The summed E-state index contributed by atoms with van der Waals surface area (Å²) >= 11 is 0. The van der Waals surface area contributed by atoms with Gasteiger partial charge in [-0.05, 0) is 25.0 Å². The summed E-state index contributed by atoms with van der Waals surface area (Å²) in [6, 6.07) is 4.80. The van der Waals surface area contributed by atoms with E-state index in [2.05, 4.69) is 5.32 Å². The maximum atomic E-state index is 12.1. The lowest BCUT2D eigenvalue weighted by molar-refractivity contribution is 0.0877. The zero-order valence-electron chi connectivity index (χ0n) is 11.7. The molecule has 0 aliphatic heterocycles. The van der Waals surface area contributed by atoms with Gasteiger partial charge in [0.15, 0.2) is 11.5 Å². The van der Waals surface area contributed by atoms with Gasteiger partial charge in [0.2, 0.25) is 0 Å². The number of rotatable bonds is 5. The fourth-order valence-corrected chi connectivity index (χ4v) is 2.75. The third-order valence-corrected chi connectivity index (χ3v) is 4.09. The standard InChI is InChI=1S/C15H21NO4/c1-20-12-6-4-5-11(13(12)18)14(19)16-9-15(10-17)7-2-3-8-15/h4-6,17-18H,2-3,7-10H2,1H3,(H,16,19). The number of carbonyl (C=O) groups is 1. The molecule has 0 heterocycles. The second-order valence-electron chi connectivity index (χ2n) is 5.40. The van der Waals surface area contributed by atoms with Gasteiger partial charge in [0.25, 0.3) is 5.91 Å². The highest BCUT2D eigenvalue weighted by Crippen LogP contribution is 2.37. The first-order valence-electron chi connectivity index (χ1n) is 6.87. The second-order valence-corrected chi connectivity index (χ2v) is 5.40. The molecule has 3 N–H and O–H groups in total. The van der Waals surface area contributed by atoms with Crippen LogP contribution in [0.3, 0.4) is 0 Å². The van der Waals surface area contributed by atoms with E-state index in [1.165, 1.54) is 7.11 Å². The van der Waals surface area contributed by atoms with Crippen LogP contribution in [0.2, 0.25) is 0 Å². The van der Waals surface area contributed by atoms with Crippen molar-refractivity contribution in [3.8, 4) is 11.5 Å². The molecule has 110 valence electrons. The summed E-state index contributed by atoms with van der Waals surface area (Å²) in [5, 5.41) is 22.3. The summed E-state index contributed by atoms with van der Waals surface area (Å²) in [6.45, 7) is 0.510. The van der Waals surface area contributed by atoms with Gasteiger partial charge in [-0.1, -0.05) is 18.9 Å². The number of phenols is 1. The zero-order valence-corrected chi connectivity index (χ0v) is 11.7. The number of amides is 1. The molecule has 2 rings (SSSR count). The molecule has 20 heavy (non-hydrogen) atoms. The van der Waals surface area contributed by atoms with Crippen LogP contribution in [0.1, 0.15) is 36.0 Å². The van der Waals surface area contributed by atoms with E-state index in [1.807, 2.05) is 0 Å². The van der Waals surface area contributed by atoms with Crippen molar-refractivity contribution in [1.29, 1.82) is 0 Å². The molecular weight excluding hydrogens is 258 g/mol. The van der Waals surface area contributed by atoms with Crippen LogP contribution >= 0.6 is 0 Å². The highest BCUT2D eigenvalue weighted by molar-refractivity contribution is 5.97. The number of aromatic hydroxyl groups is 1. The lowest BCUT2D eigenvalue weighted by atomic mass is 9.87. The molecule has 0 saturated heterocycles. The number of phenolic OH excluding ortho intramolecular Hbond substituents is 1. The Kier molecular flexibility index (Phi) is 4.49. The van der Waals surface area contributed by atoms with Crippen LogP contribution < -0.4 is 10.1 Å². The predicted molar refractivity (Wildman–Crippen MR) is 75.0 cm³/mol. The van der Waals surface area contributed by atoms with E-state index < -0.39 is 0 Å². The number of methoxy groups -OCH3 is 1. The van der Waals surface area contributed by atoms with Crippen LogP contribution in [0.15, 0.2) is 18.2 Å². The minimum Gasteiger partial charge on any atom is -0.504 e. The molecule has 0 aromatic heterocycles. The lowest BCUT2D eigenvalue weighted by Gasteiger charge is -2.26. The summed E-state index contributed by atoms with van der Waals surface area (Å²) in [4.78, 5) is 12.1. The third-order valence-electron chi connectivity index (χ3n) is 4.09. The normalized spacial score (nSPS) is 16.9. The van der Waals surface area contributed by atoms with Crippen molar-refractivity contribution in [1.82, 2.24) is 5.32 Å². The predicted octanol–water partition coefficient (Wildman–Crippen LogP) is 1.68. The average molecular weight is 279 g/mol. The van der Waals surface area contributed by atoms with Gasteiger partial charge < -0.3 is 20.3 Å². The molecule has 0 bridgehead atoms. The van der Waals surface area contributed by atoms with Gasteiger partial charge in [-0.3, -0.25) is 4.79 Å². The fourth-order valence-electron chi connectivity index (χ4n) is 2.75. The van der Waals surface area contributed by atoms with Crippen molar-refractivity contribution >= 4 is 5.91 Å². The van der Waals surface area contributed by atoms with Crippen LogP contribution in [0.4, 0.5) is 0 Å². The van der Waals surface area contributed by atoms with Gasteiger partial charge in [-0.25, -0.2) is 0 Å². The summed E-state index contributed by atoms with van der Waals surface area (Å²) in [6.07, 6.45) is 4.02. The third kappa shape index (κ3) is 2.88. The van der Waals surface area contributed by atoms with Gasteiger partial charge in [-0.2, -0.15) is 0 Å².